The van der Waals surface area contributed by atoms with E-state index in [-0.39, 0.29) is 17.5 Å². The maximum atomic E-state index is 12.3. The average molecular weight is 312 g/mol. The summed E-state index contributed by atoms with van der Waals surface area (Å²) in [6, 6.07) is 6.70. The zero-order chi connectivity index (χ0) is 15.3. The van der Waals surface area contributed by atoms with Crippen LogP contribution in [0.15, 0.2) is 30.9 Å². The van der Waals surface area contributed by atoms with Crippen molar-refractivity contribution >= 4 is 29.2 Å². The van der Waals surface area contributed by atoms with Gasteiger partial charge in [-0.25, -0.2) is 4.79 Å². The first-order valence-corrected chi connectivity index (χ1v) is 6.81. The highest BCUT2D eigenvalue weighted by Gasteiger charge is 2.42. The number of esters is 1. The third kappa shape index (κ3) is 3.33. The summed E-state index contributed by atoms with van der Waals surface area (Å²) in [7, 11) is 0. The molecular formula is C15H15Cl2NO2. The van der Waals surface area contributed by atoms with Crippen molar-refractivity contribution in [1.29, 1.82) is 5.26 Å². The topological polar surface area (TPSA) is 50.1 Å². The lowest BCUT2D eigenvalue weighted by Gasteiger charge is -2.25. The van der Waals surface area contributed by atoms with Gasteiger partial charge in [0.15, 0.2) is 5.41 Å². The number of carbonyl (C=O) groups is 1. The summed E-state index contributed by atoms with van der Waals surface area (Å²) in [5.41, 5.74) is -1.01. The molecular weight excluding hydrogens is 297 g/mol. The van der Waals surface area contributed by atoms with Gasteiger partial charge >= 0.3 is 5.97 Å². The number of carbonyl (C=O) groups excluding carboxylic acids is 1. The number of nitrogens with zero attached hydrogens (tertiary/aromatic N) is 1. The van der Waals surface area contributed by atoms with Crippen LogP contribution in [0.25, 0.3) is 0 Å². The Balaban J connectivity index is 3.37. The Hall–Kier alpha value is -1.50. The number of halogens is 2. The van der Waals surface area contributed by atoms with E-state index in [1.807, 2.05) is 6.07 Å². The smallest absolute Gasteiger partial charge is 0.331 e. The number of ether oxygens (including phenoxy) is 1. The van der Waals surface area contributed by atoms with Gasteiger partial charge in [-0.1, -0.05) is 35.3 Å². The highest BCUT2D eigenvalue weighted by molar-refractivity contribution is 6.42. The molecule has 1 rings (SSSR count). The molecule has 0 radical (unpaired) electrons. The molecule has 0 amide bonds. The maximum absolute atomic E-state index is 12.3. The summed E-state index contributed by atoms with van der Waals surface area (Å²) in [5, 5.41) is 10.2. The number of hydrogen-bond acceptors (Lipinski definition) is 3. The van der Waals surface area contributed by atoms with Crippen LogP contribution < -0.4 is 0 Å². The minimum Gasteiger partial charge on any atom is -0.462 e. The zero-order valence-corrected chi connectivity index (χ0v) is 12.8. The summed E-state index contributed by atoms with van der Waals surface area (Å²) >= 11 is 11.8. The fraction of sp³-hybridized carbons (Fsp3) is 0.333. The second-order valence-corrected chi connectivity index (χ2v) is 5.41. The van der Waals surface area contributed by atoms with Crippen molar-refractivity contribution in [2.75, 3.05) is 0 Å². The number of hydrogen-bond donors (Lipinski definition) is 0. The normalized spacial score (nSPS) is 13.4. The molecule has 0 N–H and O–H groups in total. The lowest BCUT2D eigenvalue weighted by atomic mass is 9.79. The molecule has 0 saturated heterocycles. The van der Waals surface area contributed by atoms with E-state index in [9.17, 15) is 10.1 Å². The van der Waals surface area contributed by atoms with Crippen molar-refractivity contribution in [3.05, 3.63) is 46.5 Å². The minimum atomic E-state index is -1.46. The predicted molar refractivity (Wildman–Crippen MR) is 79.8 cm³/mol. The molecule has 0 heterocycles. The van der Waals surface area contributed by atoms with Crippen LogP contribution in [0.5, 0.6) is 0 Å². The van der Waals surface area contributed by atoms with E-state index >= 15 is 0 Å². The molecule has 0 aliphatic carbocycles. The van der Waals surface area contributed by atoms with Crippen LogP contribution in [0.1, 0.15) is 25.8 Å². The van der Waals surface area contributed by atoms with Crippen LogP contribution in [-0.4, -0.2) is 12.1 Å². The van der Waals surface area contributed by atoms with Crippen LogP contribution in [0.2, 0.25) is 10.0 Å². The lowest BCUT2D eigenvalue weighted by molar-refractivity contribution is -0.152. The third-order valence-electron chi connectivity index (χ3n) is 2.74. The molecule has 0 aliphatic heterocycles. The van der Waals surface area contributed by atoms with Gasteiger partial charge in [0.05, 0.1) is 22.2 Å². The Morgan fingerprint density at radius 3 is 2.60 bits per heavy atom. The van der Waals surface area contributed by atoms with Gasteiger partial charge in [-0.05, 0) is 38.0 Å². The van der Waals surface area contributed by atoms with Crippen molar-refractivity contribution in [2.24, 2.45) is 0 Å². The Labute approximate surface area is 128 Å². The van der Waals surface area contributed by atoms with Gasteiger partial charge in [0.1, 0.15) is 0 Å². The summed E-state index contributed by atoms with van der Waals surface area (Å²) < 4.78 is 5.20. The molecule has 1 aromatic carbocycles. The Morgan fingerprint density at radius 2 is 2.15 bits per heavy atom. The monoisotopic (exact) mass is 311 g/mol. The first-order valence-electron chi connectivity index (χ1n) is 6.06. The highest BCUT2D eigenvalue weighted by atomic mass is 35.5. The quantitative estimate of drug-likeness (QED) is 0.602. The van der Waals surface area contributed by atoms with Crippen LogP contribution in [0.3, 0.4) is 0 Å². The average Bonchev–Trinajstić information content (AvgIpc) is 2.38. The van der Waals surface area contributed by atoms with Gasteiger partial charge in [0, 0.05) is 0 Å². The van der Waals surface area contributed by atoms with Crippen molar-refractivity contribution in [3.63, 3.8) is 0 Å². The van der Waals surface area contributed by atoms with Crippen LogP contribution >= 0.6 is 23.2 Å². The van der Waals surface area contributed by atoms with Crippen LogP contribution in [0.4, 0.5) is 0 Å². The fourth-order valence-corrected chi connectivity index (χ4v) is 2.07. The molecule has 5 heteroatoms. The van der Waals surface area contributed by atoms with Crippen molar-refractivity contribution < 1.29 is 9.53 Å². The second-order valence-electron chi connectivity index (χ2n) is 4.59. The minimum absolute atomic E-state index is 0.132. The Morgan fingerprint density at radius 1 is 1.50 bits per heavy atom. The molecule has 3 nitrogen and oxygen atoms in total. The summed E-state index contributed by atoms with van der Waals surface area (Å²) in [6.45, 7) is 7.05. The number of rotatable bonds is 5. The largest absolute Gasteiger partial charge is 0.462 e. The molecule has 106 valence electrons. The van der Waals surface area contributed by atoms with Gasteiger partial charge in [-0.2, -0.15) is 5.26 Å². The van der Waals surface area contributed by atoms with Crippen molar-refractivity contribution in [3.8, 4) is 6.07 Å². The van der Waals surface area contributed by atoms with E-state index < -0.39 is 11.4 Å². The molecule has 0 fully saturated rings. The van der Waals surface area contributed by atoms with E-state index in [0.29, 0.717) is 10.6 Å². The Bertz CT molecular complexity index is 563. The van der Waals surface area contributed by atoms with Crippen LogP contribution in [0, 0.1) is 11.3 Å². The molecule has 0 bridgehead atoms. The van der Waals surface area contributed by atoms with E-state index in [2.05, 4.69) is 6.58 Å². The van der Waals surface area contributed by atoms with E-state index in [0.717, 1.165) is 0 Å². The van der Waals surface area contributed by atoms with Gasteiger partial charge in [-0.3, -0.25) is 0 Å². The summed E-state index contributed by atoms with van der Waals surface area (Å²) in [4.78, 5) is 12.3. The number of benzene rings is 1. The third-order valence-corrected chi connectivity index (χ3v) is 3.48. The number of allylic oxidation sites excluding steroid dienone is 1. The summed E-state index contributed by atoms with van der Waals surface area (Å²) in [5.74, 6) is -0.617. The zero-order valence-electron chi connectivity index (χ0n) is 11.3. The highest BCUT2D eigenvalue weighted by Crippen LogP contribution is 2.34. The summed E-state index contributed by atoms with van der Waals surface area (Å²) in [6.07, 6.45) is 1.32. The van der Waals surface area contributed by atoms with Crippen molar-refractivity contribution in [2.45, 2.75) is 31.8 Å². The van der Waals surface area contributed by atoms with Gasteiger partial charge < -0.3 is 4.74 Å². The second kappa shape index (κ2) is 6.78. The SMILES string of the molecule is C=CCC(C#N)(C(=O)OC(C)C)c1ccc(Cl)c(Cl)c1. The molecule has 1 aromatic rings. The Kier molecular flexibility index (Phi) is 5.62. The molecule has 0 aromatic heterocycles. The van der Waals surface area contributed by atoms with Gasteiger partial charge in [0.2, 0.25) is 0 Å². The number of nitriles is 1. The standard InChI is InChI=1S/C15H15Cl2NO2/c1-4-7-15(9-18,14(19)20-10(2)3)11-5-6-12(16)13(17)8-11/h4-6,8,10H,1,7H2,2-3H3. The molecule has 0 spiro atoms. The van der Waals surface area contributed by atoms with E-state index in [1.165, 1.54) is 12.1 Å². The fourth-order valence-electron chi connectivity index (χ4n) is 1.77. The first kappa shape index (κ1) is 16.6. The van der Waals surface area contributed by atoms with E-state index in [1.54, 1.807) is 26.0 Å². The lowest BCUT2D eigenvalue weighted by Crippen LogP contribution is -2.37. The maximum Gasteiger partial charge on any atom is 0.331 e. The first-order chi connectivity index (χ1) is 9.37. The van der Waals surface area contributed by atoms with Gasteiger partial charge in [-0.15, -0.1) is 6.58 Å². The molecule has 0 aliphatic rings. The molecule has 20 heavy (non-hydrogen) atoms. The predicted octanol–water partition coefficient (Wildman–Crippen LogP) is 4.28. The molecule has 1 atom stereocenters. The van der Waals surface area contributed by atoms with Crippen molar-refractivity contribution in [1.82, 2.24) is 0 Å². The van der Waals surface area contributed by atoms with E-state index in [4.69, 9.17) is 27.9 Å². The van der Waals surface area contributed by atoms with Crippen LogP contribution in [-0.2, 0) is 14.9 Å². The molecule has 0 saturated carbocycles. The van der Waals surface area contributed by atoms with Gasteiger partial charge in [0.25, 0.3) is 0 Å². The molecule has 1 unspecified atom stereocenters.